The van der Waals surface area contributed by atoms with E-state index in [0.717, 1.165) is 34.2 Å². The lowest BCUT2D eigenvalue weighted by Gasteiger charge is -2.10. The molecular formula is C27H25N5O3S. The molecule has 2 heterocycles. The zero-order valence-electron chi connectivity index (χ0n) is 20.2. The molecule has 5 rings (SSSR count). The second-order valence-corrected chi connectivity index (χ2v) is 8.84. The Morgan fingerprint density at radius 3 is 2.44 bits per heavy atom. The number of hydrogen-bond donors (Lipinski definition) is 0. The molecule has 0 bridgehead atoms. The normalized spacial score (nSPS) is 11.0. The van der Waals surface area contributed by atoms with Crippen molar-refractivity contribution in [3.63, 3.8) is 0 Å². The average Bonchev–Trinajstić information content (AvgIpc) is 3.59. The maximum absolute atomic E-state index is 5.54. The first-order valence-electron chi connectivity index (χ1n) is 11.5. The van der Waals surface area contributed by atoms with Gasteiger partial charge in [-0.2, -0.15) is 4.98 Å². The molecule has 0 aliphatic carbocycles. The van der Waals surface area contributed by atoms with Crippen LogP contribution in [0, 0.1) is 0 Å². The lowest BCUT2D eigenvalue weighted by atomic mass is 10.1. The summed E-state index contributed by atoms with van der Waals surface area (Å²) in [7, 11) is 3.21. The van der Waals surface area contributed by atoms with E-state index >= 15 is 0 Å². The monoisotopic (exact) mass is 499 g/mol. The van der Waals surface area contributed by atoms with Gasteiger partial charge in [0.1, 0.15) is 11.5 Å². The predicted octanol–water partition coefficient (Wildman–Crippen LogP) is 5.86. The fourth-order valence-corrected chi connectivity index (χ4v) is 4.57. The van der Waals surface area contributed by atoms with Crippen LogP contribution in [0.5, 0.6) is 11.5 Å². The summed E-state index contributed by atoms with van der Waals surface area (Å²) in [5, 5.41) is 13.9. The van der Waals surface area contributed by atoms with Crippen molar-refractivity contribution in [3.8, 4) is 40.0 Å². The van der Waals surface area contributed by atoms with Crippen LogP contribution >= 0.6 is 11.8 Å². The number of ether oxygens (including phenoxy) is 2. The van der Waals surface area contributed by atoms with E-state index in [-0.39, 0.29) is 0 Å². The van der Waals surface area contributed by atoms with E-state index in [9.17, 15) is 0 Å². The Labute approximate surface area is 213 Å². The third kappa shape index (κ3) is 4.83. The Morgan fingerprint density at radius 2 is 1.72 bits per heavy atom. The molecule has 5 aromatic rings. The van der Waals surface area contributed by atoms with Gasteiger partial charge in [-0.25, -0.2) is 0 Å². The molecule has 0 radical (unpaired) electrons. The van der Waals surface area contributed by atoms with E-state index in [0.29, 0.717) is 29.0 Å². The molecule has 0 aliphatic heterocycles. The van der Waals surface area contributed by atoms with Crippen LogP contribution in [0.15, 0.2) is 82.5 Å². The summed E-state index contributed by atoms with van der Waals surface area (Å²) in [4.78, 5) is 4.57. The van der Waals surface area contributed by atoms with Gasteiger partial charge in [-0.15, -0.1) is 10.2 Å². The molecule has 0 unspecified atom stereocenters. The number of benzene rings is 3. The molecule has 8 nitrogen and oxygen atoms in total. The predicted molar refractivity (Wildman–Crippen MR) is 139 cm³/mol. The Hall–Kier alpha value is -4.11. The molecule has 0 saturated carbocycles. The van der Waals surface area contributed by atoms with Crippen LogP contribution in [0.1, 0.15) is 18.4 Å². The Morgan fingerprint density at radius 1 is 0.917 bits per heavy atom. The Kier molecular flexibility index (Phi) is 6.99. The van der Waals surface area contributed by atoms with Gasteiger partial charge in [0.25, 0.3) is 0 Å². The topological polar surface area (TPSA) is 88.1 Å². The first-order chi connectivity index (χ1) is 17.7. The summed E-state index contributed by atoms with van der Waals surface area (Å²) in [6.45, 7) is 2.14. The van der Waals surface area contributed by atoms with Gasteiger partial charge < -0.3 is 14.0 Å². The summed E-state index contributed by atoms with van der Waals surface area (Å²) < 4.78 is 18.3. The molecule has 36 heavy (non-hydrogen) atoms. The van der Waals surface area contributed by atoms with Crippen molar-refractivity contribution in [1.29, 1.82) is 0 Å². The molecule has 0 aliphatic rings. The SMILES string of the molecule is CCc1ccc(-n2c(SCc3nc(-c4ccc(OC)cc4OC)no3)nnc2-c2ccccc2)cc1. The fourth-order valence-electron chi connectivity index (χ4n) is 3.78. The first kappa shape index (κ1) is 23.6. The van der Waals surface area contributed by atoms with Crippen LogP contribution in [0.2, 0.25) is 0 Å². The summed E-state index contributed by atoms with van der Waals surface area (Å²) in [5.41, 5.74) is 3.98. The van der Waals surface area contributed by atoms with Crippen molar-refractivity contribution >= 4 is 11.8 Å². The van der Waals surface area contributed by atoms with E-state index in [4.69, 9.17) is 14.0 Å². The van der Waals surface area contributed by atoms with Gasteiger partial charge in [-0.1, -0.05) is 66.3 Å². The van der Waals surface area contributed by atoms with Gasteiger partial charge in [0.15, 0.2) is 11.0 Å². The highest BCUT2D eigenvalue weighted by Gasteiger charge is 2.19. The lowest BCUT2D eigenvalue weighted by Crippen LogP contribution is -2.00. The van der Waals surface area contributed by atoms with Crippen LogP contribution in [0.3, 0.4) is 0 Å². The van der Waals surface area contributed by atoms with Gasteiger partial charge >= 0.3 is 0 Å². The van der Waals surface area contributed by atoms with E-state index in [1.165, 1.54) is 17.3 Å². The van der Waals surface area contributed by atoms with E-state index in [2.05, 4.69) is 56.1 Å². The van der Waals surface area contributed by atoms with E-state index in [1.807, 2.05) is 42.5 Å². The molecule has 0 saturated heterocycles. The Bertz CT molecular complexity index is 1450. The summed E-state index contributed by atoms with van der Waals surface area (Å²) in [6, 6.07) is 24.0. The molecule has 0 atom stereocenters. The smallest absolute Gasteiger partial charge is 0.237 e. The number of aryl methyl sites for hydroxylation is 1. The summed E-state index contributed by atoms with van der Waals surface area (Å²) in [6.07, 6.45) is 0.980. The number of methoxy groups -OCH3 is 2. The van der Waals surface area contributed by atoms with Gasteiger partial charge in [0, 0.05) is 17.3 Å². The summed E-state index contributed by atoms with van der Waals surface area (Å²) >= 11 is 1.49. The van der Waals surface area contributed by atoms with Crippen LogP contribution in [0.4, 0.5) is 0 Å². The van der Waals surface area contributed by atoms with Crippen LogP contribution in [0.25, 0.3) is 28.5 Å². The minimum Gasteiger partial charge on any atom is -0.497 e. The Balaban J connectivity index is 1.43. The number of thioether (sulfide) groups is 1. The number of rotatable bonds is 9. The van der Waals surface area contributed by atoms with Gasteiger partial charge in [-0.05, 0) is 36.2 Å². The van der Waals surface area contributed by atoms with Gasteiger partial charge in [0.2, 0.25) is 11.7 Å². The molecule has 182 valence electrons. The minimum atomic E-state index is 0.436. The molecule has 2 aromatic heterocycles. The van der Waals surface area contributed by atoms with Crippen molar-refractivity contribution in [2.24, 2.45) is 0 Å². The highest BCUT2D eigenvalue weighted by atomic mass is 32.2. The van der Waals surface area contributed by atoms with Gasteiger partial charge in [-0.3, -0.25) is 4.57 Å². The standard InChI is InChI=1S/C27H25N5O3S/c1-4-18-10-12-20(13-11-18)32-26(19-8-6-5-7-9-19)29-30-27(32)36-17-24-28-25(31-35-24)22-15-14-21(33-2)16-23(22)34-3/h5-16H,4,17H2,1-3H3. The lowest BCUT2D eigenvalue weighted by molar-refractivity contribution is 0.388. The summed E-state index contributed by atoms with van der Waals surface area (Å²) in [5.74, 6) is 3.44. The zero-order valence-corrected chi connectivity index (χ0v) is 21.0. The van der Waals surface area contributed by atoms with Crippen LogP contribution in [-0.4, -0.2) is 39.1 Å². The maximum Gasteiger partial charge on any atom is 0.237 e. The molecular weight excluding hydrogens is 474 g/mol. The van der Waals surface area contributed by atoms with E-state index in [1.54, 1.807) is 20.3 Å². The third-order valence-electron chi connectivity index (χ3n) is 5.71. The molecule has 0 spiro atoms. The average molecular weight is 500 g/mol. The van der Waals surface area contributed by atoms with Crippen molar-refractivity contribution < 1.29 is 14.0 Å². The molecule has 0 N–H and O–H groups in total. The van der Waals surface area contributed by atoms with E-state index < -0.39 is 0 Å². The van der Waals surface area contributed by atoms with Crippen molar-refractivity contribution in [2.75, 3.05) is 14.2 Å². The second kappa shape index (κ2) is 10.7. The maximum atomic E-state index is 5.54. The van der Waals surface area contributed by atoms with Crippen LogP contribution in [-0.2, 0) is 12.2 Å². The highest BCUT2D eigenvalue weighted by Crippen LogP contribution is 2.33. The van der Waals surface area contributed by atoms with Crippen molar-refractivity contribution in [3.05, 3.63) is 84.3 Å². The minimum absolute atomic E-state index is 0.436. The molecule has 9 heteroatoms. The number of hydrogen-bond acceptors (Lipinski definition) is 8. The van der Waals surface area contributed by atoms with Crippen LogP contribution < -0.4 is 9.47 Å². The largest absolute Gasteiger partial charge is 0.497 e. The number of aromatic nitrogens is 5. The quantitative estimate of drug-likeness (QED) is 0.233. The van der Waals surface area contributed by atoms with Crippen molar-refractivity contribution in [1.82, 2.24) is 24.9 Å². The molecule has 3 aromatic carbocycles. The third-order valence-corrected chi connectivity index (χ3v) is 6.62. The second-order valence-electron chi connectivity index (χ2n) is 7.89. The molecule has 0 fully saturated rings. The fraction of sp³-hybridized carbons (Fsp3) is 0.185. The highest BCUT2D eigenvalue weighted by molar-refractivity contribution is 7.98. The van der Waals surface area contributed by atoms with Gasteiger partial charge in [0.05, 0.1) is 25.5 Å². The van der Waals surface area contributed by atoms with Crippen molar-refractivity contribution in [2.45, 2.75) is 24.3 Å². The zero-order chi connectivity index (χ0) is 24.9. The molecule has 0 amide bonds. The number of nitrogens with zero attached hydrogens (tertiary/aromatic N) is 5. The first-order valence-corrected chi connectivity index (χ1v) is 12.5.